The maximum atomic E-state index is 12.4. The van der Waals surface area contributed by atoms with Gasteiger partial charge in [-0.1, -0.05) is 35.1 Å². The number of carbonyl (C=O) groups excluding carboxylic acids is 1. The van der Waals surface area contributed by atoms with E-state index < -0.39 is 0 Å². The van der Waals surface area contributed by atoms with Gasteiger partial charge in [-0.3, -0.25) is 4.79 Å². The van der Waals surface area contributed by atoms with Crippen LogP contribution in [0.25, 0.3) is 15.5 Å². The number of methoxy groups -OCH3 is 1. The van der Waals surface area contributed by atoms with Gasteiger partial charge in [0.15, 0.2) is 0 Å². The number of halogens is 1. The molecular weight excluding hydrogens is 386 g/mol. The molecule has 0 aliphatic carbocycles. The third-order valence-electron chi connectivity index (χ3n) is 3.89. The van der Waals surface area contributed by atoms with Crippen molar-refractivity contribution in [2.45, 2.75) is 6.42 Å². The fourth-order valence-corrected chi connectivity index (χ4v) is 3.54. The van der Waals surface area contributed by atoms with Gasteiger partial charge in [-0.25, -0.2) is 0 Å². The van der Waals surface area contributed by atoms with E-state index in [2.05, 4.69) is 20.6 Å². The minimum atomic E-state index is -0.147. The molecule has 2 aromatic carbocycles. The van der Waals surface area contributed by atoms with Gasteiger partial charge in [0.2, 0.25) is 10.9 Å². The van der Waals surface area contributed by atoms with Crippen molar-refractivity contribution in [1.29, 1.82) is 0 Å². The first-order valence-electron chi connectivity index (χ1n) is 8.02. The van der Waals surface area contributed by atoms with E-state index in [0.717, 1.165) is 16.1 Å². The number of nitrogens with one attached hydrogen (secondary N) is 1. The van der Waals surface area contributed by atoms with Crippen molar-refractivity contribution in [2.75, 3.05) is 12.4 Å². The molecule has 7 nitrogen and oxygen atoms in total. The predicted molar refractivity (Wildman–Crippen MR) is 104 cm³/mol. The zero-order valence-electron chi connectivity index (χ0n) is 14.2. The molecule has 0 radical (unpaired) electrons. The highest BCUT2D eigenvalue weighted by molar-refractivity contribution is 7.19. The lowest BCUT2D eigenvalue weighted by atomic mass is 10.1. The molecule has 0 aliphatic heterocycles. The molecule has 0 unspecified atom stereocenters. The number of ether oxygens (including phenoxy) is 1. The van der Waals surface area contributed by atoms with Crippen molar-refractivity contribution < 1.29 is 9.53 Å². The summed E-state index contributed by atoms with van der Waals surface area (Å²) in [5.41, 5.74) is 2.31. The van der Waals surface area contributed by atoms with Gasteiger partial charge in [0.05, 0.1) is 19.2 Å². The lowest BCUT2D eigenvalue weighted by Gasteiger charge is -2.11. The van der Waals surface area contributed by atoms with Crippen molar-refractivity contribution in [1.82, 2.24) is 19.8 Å². The van der Waals surface area contributed by atoms with Gasteiger partial charge < -0.3 is 10.1 Å². The van der Waals surface area contributed by atoms with Crippen LogP contribution in [0.4, 0.5) is 5.69 Å². The first kappa shape index (κ1) is 17.4. The number of benzene rings is 2. The minimum absolute atomic E-state index is 0.147. The van der Waals surface area contributed by atoms with Crippen LogP contribution in [0.3, 0.4) is 0 Å². The monoisotopic (exact) mass is 399 g/mol. The zero-order valence-corrected chi connectivity index (χ0v) is 15.8. The van der Waals surface area contributed by atoms with E-state index in [0.29, 0.717) is 21.4 Å². The summed E-state index contributed by atoms with van der Waals surface area (Å²) < 4.78 is 6.98. The van der Waals surface area contributed by atoms with E-state index in [9.17, 15) is 4.79 Å². The third kappa shape index (κ3) is 3.76. The lowest BCUT2D eigenvalue weighted by Crippen LogP contribution is -2.15. The fraction of sp³-hybridized carbons (Fsp3) is 0.111. The number of amides is 1. The molecule has 1 N–H and O–H groups in total. The molecule has 1 amide bonds. The number of nitrogens with zero attached hydrogens (tertiary/aromatic N) is 4. The smallest absolute Gasteiger partial charge is 0.234 e. The Bertz CT molecular complexity index is 1080. The standard InChI is InChI=1S/C18H14ClN5O2S/c1-26-15-7-4-12(17-23-24-10-20-22-18(24)27-17)9-14(15)21-16(25)8-11-2-5-13(19)6-3-11/h2-7,9-10H,8H2,1H3,(H,21,25). The fourth-order valence-electron chi connectivity index (χ4n) is 2.60. The summed E-state index contributed by atoms with van der Waals surface area (Å²) in [7, 11) is 1.56. The molecule has 0 saturated heterocycles. The molecular formula is C18H14ClN5O2S. The summed E-state index contributed by atoms with van der Waals surface area (Å²) in [6.07, 6.45) is 1.79. The molecule has 0 aliphatic rings. The molecule has 27 heavy (non-hydrogen) atoms. The Morgan fingerprint density at radius 1 is 1.26 bits per heavy atom. The Morgan fingerprint density at radius 2 is 2.07 bits per heavy atom. The zero-order chi connectivity index (χ0) is 18.8. The Balaban J connectivity index is 1.57. The molecule has 2 aromatic heterocycles. The number of carbonyl (C=O) groups is 1. The topological polar surface area (TPSA) is 81.4 Å². The number of fused-ring (bicyclic) bond motifs is 1. The van der Waals surface area contributed by atoms with Crippen LogP contribution in [0.2, 0.25) is 5.02 Å². The molecule has 0 spiro atoms. The number of rotatable bonds is 5. The van der Waals surface area contributed by atoms with E-state index in [-0.39, 0.29) is 12.3 Å². The van der Waals surface area contributed by atoms with E-state index in [1.54, 1.807) is 36.2 Å². The largest absolute Gasteiger partial charge is 0.495 e. The van der Waals surface area contributed by atoms with Crippen LogP contribution in [-0.2, 0) is 11.2 Å². The van der Waals surface area contributed by atoms with Crippen LogP contribution in [0, 0.1) is 0 Å². The van der Waals surface area contributed by atoms with Gasteiger partial charge >= 0.3 is 0 Å². The van der Waals surface area contributed by atoms with E-state index in [1.165, 1.54) is 11.3 Å². The summed E-state index contributed by atoms with van der Waals surface area (Å²) in [5.74, 6) is 0.428. The highest BCUT2D eigenvalue weighted by Gasteiger charge is 2.13. The van der Waals surface area contributed by atoms with Gasteiger partial charge in [0.1, 0.15) is 17.1 Å². The van der Waals surface area contributed by atoms with Crippen LogP contribution >= 0.6 is 22.9 Å². The molecule has 4 rings (SSSR count). The predicted octanol–water partition coefficient (Wildman–Crippen LogP) is 3.70. The van der Waals surface area contributed by atoms with Crippen LogP contribution in [0.5, 0.6) is 5.75 Å². The maximum Gasteiger partial charge on any atom is 0.234 e. The SMILES string of the molecule is COc1ccc(-c2nn3cnnc3s2)cc1NC(=O)Cc1ccc(Cl)cc1. The van der Waals surface area contributed by atoms with E-state index >= 15 is 0 Å². The number of hydrogen-bond donors (Lipinski definition) is 1. The molecule has 2 heterocycles. The average molecular weight is 400 g/mol. The Hall–Kier alpha value is -2.97. The minimum Gasteiger partial charge on any atom is -0.495 e. The van der Waals surface area contributed by atoms with Crippen LogP contribution < -0.4 is 10.1 Å². The molecule has 136 valence electrons. The Labute approximate surface area is 163 Å². The second-order valence-electron chi connectivity index (χ2n) is 5.73. The molecule has 0 saturated carbocycles. The van der Waals surface area contributed by atoms with Crippen molar-refractivity contribution in [3.8, 4) is 16.3 Å². The Morgan fingerprint density at radius 3 is 2.81 bits per heavy atom. The van der Waals surface area contributed by atoms with E-state index in [4.69, 9.17) is 16.3 Å². The van der Waals surface area contributed by atoms with Crippen molar-refractivity contribution in [3.05, 3.63) is 59.4 Å². The van der Waals surface area contributed by atoms with Crippen molar-refractivity contribution >= 4 is 39.5 Å². The highest BCUT2D eigenvalue weighted by Crippen LogP contribution is 2.32. The lowest BCUT2D eigenvalue weighted by molar-refractivity contribution is -0.115. The number of hydrogen-bond acceptors (Lipinski definition) is 6. The first-order chi connectivity index (χ1) is 13.1. The second kappa shape index (κ2) is 7.34. The molecule has 0 fully saturated rings. The molecule has 4 aromatic rings. The summed E-state index contributed by atoms with van der Waals surface area (Å²) in [5, 5.41) is 16.5. The average Bonchev–Trinajstić information content (AvgIpc) is 3.25. The maximum absolute atomic E-state index is 12.4. The van der Waals surface area contributed by atoms with Crippen LogP contribution in [0.15, 0.2) is 48.8 Å². The van der Waals surface area contributed by atoms with E-state index in [1.807, 2.05) is 24.3 Å². The van der Waals surface area contributed by atoms with Crippen molar-refractivity contribution in [2.24, 2.45) is 0 Å². The summed E-state index contributed by atoms with van der Waals surface area (Å²) in [6.45, 7) is 0. The molecule has 9 heteroatoms. The third-order valence-corrected chi connectivity index (χ3v) is 5.10. The molecule has 0 atom stereocenters. The van der Waals surface area contributed by atoms with Crippen molar-refractivity contribution in [3.63, 3.8) is 0 Å². The number of anilines is 1. The van der Waals surface area contributed by atoms with Crippen LogP contribution in [-0.4, -0.2) is 32.8 Å². The van der Waals surface area contributed by atoms with Crippen LogP contribution in [0.1, 0.15) is 5.56 Å². The van der Waals surface area contributed by atoms with Gasteiger partial charge in [-0.05, 0) is 35.9 Å². The normalized spacial score (nSPS) is 10.9. The van der Waals surface area contributed by atoms with Gasteiger partial charge in [0, 0.05) is 10.6 Å². The summed E-state index contributed by atoms with van der Waals surface area (Å²) in [4.78, 5) is 13.2. The van der Waals surface area contributed by atoms with Gasteiger partial charge in [-0.15, -0.1) is 10.2 Å². The summed E-state index contributed by atoms with van der Waals surface area (Å²) in [6, 6.07) is 12.7. The van der Waals surface area contributed by atoms with Gasteiger partial charge in [-0.2, -0.15) is 9.61 Å². The first-order valence-corrected chi connectivity index (χ1v) is 9.21. The summed E-state index contributed by atoms with van der Waals surface area (Å²) >= 11 is 7.30. The van der Waals surface area contributed by atoms with Gasteiger partial charge in [0.25, 0.3) is 0 Å². The molecule has 0 bridgehead atoms. The quantitative estimate of drug-likeness (QED) is 0.553. The highest BCUT2D eigenvalue weighted by atomic mass is 35.5. The number of aromatic nitrogens is 4. The Kier molecular flexibility index (Phi) is 4.74. The second-order valence-corrected chi connectivity index (χ2v) is 7.12.